The minimum Gasteiger partial charge on any atom is -0.465 e. The second-order valence-corrected chi connectivity index (χ2v) is 5.37. The second-order valence-electron chi connectivity index (χ2n) is 5.37. The van der Waals surface area contributed by atoms with E-state index in [-0.39, 0.29) is 11.8 Å². The van der Waals surface area contributed by atoms with E-state index in [1.54, 1.807) is 6.07 Å². The first kappa shape index (κ1) is 17.8. The largest absolute Gasteiger partial charge is 0.465 e. The molecule has 1 aromatic rings. The van der Waals surface area contributed by atoms with Gasteiger partial charge in [-0.3, -0.25) is 0 Å². The van der Waals surface area contributed by atoms with Crippen molar-refractivity contribution in [2.24, 2.45) is 0 Å². The quantitative estimate of drug-likeness (QED) is 0.772. The van der Waals surface area contributed by atoms with Crippen LogP contribution in [0.4, 0.5) is 13.2 Å². The van der Waals surface area contributed by atoms with E-state index in [4.69, 9.17) is 4.74 Å². The molecule has 21 heavy (non-hydrogen) atoms. The maximum atomic E-state index is 12.6. The molecule has 0 bridgehead atoms. The van der Waals surface area contributed by atoms with Crippen LogP contribution >= 0.6 is 0 Å². The average molecular weight is 304 g/mol. The van der Waals surface area contributed by atoms with Gasteiger partial charge >= 0.3 is 6.18 Å². The van der Waals surface area contributed by atoms with Gasteiger partial charge in [0.05, 0.1) is 0 Å². The third-order valence-electron chi connectivity index (χ3n) is 2.99. The number of rotatable bonds is 7. The molecule has 0 aliphatic rings. The minimum absolute atomic E-state index is 0.0272. The fourth-order valence-electron chi connectivity index (χ4n) is 1.70. The summed E-state index contributed by atoms with van der Waals surface area (Å²) in [5.74, 6) is 0.152. The Balaban J connectivity index is 2.91. The summed E-state index contributed by atoms with van der Waals surface area (Å²) in [6, 6.07) is 3.47. The van der Waals surface area contributed by atoms with Gasteiger partial charge in [0.25, 0.3) is 0 Å². The normalized spacial score (nSPS) is 13.5. The van der Waals surface area contributed by atoms with Gasteiger partial charge in [-0.1, -0.05) is 20.8 Å². The molecule has 1 aromatic heterocycles. The van der Waals surface area contributed by atoms with Crippen molar-refractivity contribution < 1.29 is 17.9 Å². The van der Waals surface area contributed by atoms with Crippen LogP contribution in [0.2, 0.25) is 0 Å². The van der Waals surface area contributed by atoms with Crippen LogP contribution in [0.3, 0.4) is 0 Å². The molecular weight excluding hydrogens is 281 g/mol. The van der Waals surface area contributed by atoms with E-state index in [1.807, 2.05) is 19.9 Å². The molecule has 0 aliphatic carbocycles. The lowest BCUT2D eigenvalue weighted by atomic mass is 10.1. The van der Waals surface area contributed by atoms with Crippen molar-refractivity contribution in [1.82, 2.24) is 10.3 Å². The molecule has 0 spiro atoms. The van der Waals surface area contributed by atoms with Crippen molar-refractivity contribution in [3.05, 3.63) is 23.4 Å². The Morgan fingerprint density at radius 2 is 1.90 bits per heavy atom. The topological polar surface area (TPSA) is 34.1 Å². The van der Waals surface area contributed by atoms with Crippen molar-refractivity contribution >= 4 is 0 Å². The van der Waals surface area contributed by atoms with Crippen molar-refractivity contribution in [1.29, 1.82) is 0 Å². The van der Waals surface area contributed by atoms with Gasteiger partial charge in [0.1, 0.15) is 0 Å². The first-order chi connectivity index (χ1) is 9.74. The summed E-state index contributed by atoms with van der Waals surface area (Å²) in [5, 5.41) is 3.22. The second kappa shape index (κ2) is 7.64. The predicted octanol–water partition coefficient (Wildman–Crippen LogP) is 4.03. The summed E-state index contributed by atoms with van der Waals surface area (Å²) in [6.07, 6.45) is -5.27. The van der Waals surface area contributed by atoms with Gasteiger partial charge in [0, 0.05) is 18.3 Å². The van der Waals surface area contributed by atoms with Gasteiger partial charge in [0.15, 0.2) is 6.10 Å². The molecule has 1 atom stereocenters. The first-order valence-electron chi connectivity index (χ1n) is 7.19. The predicted molar refractivity (Wildman–Crippen MR) is 76.5 cm³/mol. The SMILES string of the molecule is CCCNCc1cc(OC(C)C(F)(F)F)nc(C(C)C)c1. The van der Waals surface area contributed by atoms with Crippen molar-refractivity contribution in [2.45, 2.75) is 58.9 Å². The Kier molecular flexibility index (Phi) is 6.45. The van der Waals surface area contributed by atoms with Crippen LogP contribution < -0.4 is 10.1 Å². The molecule has 1 N–H and O–H groups in total. The maximum Gasteiger partial charge on any atom is 0.425 e. The molecule has 0 fully saturated rings. The zero-order valence-electron chi connectivity index (χ0n) is 12.9. The molecule has 0 saturated heterocycles. The van der Waals surface area contributed by atoms with Crippen LogP contribution in [0, 0.1) is 0 Å². The number of pyridine rings is 1. The molecule has 0 saturated carbocycles. The molecule has 0 aliphatic heterocycles. The molecule has 120 valence electrons. The zero-order valence-corrected chi connectivity index (χ0v) is 12.9. The number of ether oxygens (including phenoxy) is 1. The van der Waals surface area contributed by atoms with Gasteiger partial charge in [-0.05, 0) is 37.4 Å². The number of hydrogen-bond donors (Lipinski definition) is 1. The van der Waals surface area contributed by atoms with Gasteiger partial charge in [-0.25, -0.2) is 4.98 Å². The molecule has 0 amide bonds. The smallest absolute Gasteiger partial charge is 0.425 e. The van der Waals surface area contributed by atoms with Crippen LogP contribution in [-0.2, 0) is 6.54 Å². The van der Waals surface area contributed by atoms with E-state index in [1.165, 1.54) is 0 Å². The summed E-state index contributed by atoms with van der Waals surface area (Å²) < 4.78 is 42.7. The van der Waals surface area contributed by atoms with E-state index in [0.29, 0.717) is 6.54 Å². The molecule has 0 aromatic carbocycles. The lowest BCUT2D eigenvalue weighted by Gasteiger charge is -2.18. The number of aromatic nitrogens is 1. The highest BCUT2D eigenvalue weighted by molar-refractivity contribution is 5.27. The van der Waals surface area contributed by atoms with E-state index in [0.717, 1.165) is 31.1 Å². The number of hydrogen-bond acceptors (Lipinski definition) is 3. The average Bonchev–Trinajstić information content (AvgIpc) is 2.37. The van der Waals surface area contributed by atoms with E-state index < -0.39 is 12.3 Å². The highest BCUT2D eigenvalue weighted by Gasteiger charge is 2.38. The van der Waals surface area contributed by atoms with E-state index in [2.05, 4.69) is 17.2 Å². The third kappa shape index (κ3) is 5.91. The lowest BCUT2D eigenvalue weighted by molar-refractivity contribution is -0.190. The highest BCUT2D eigenvalue weighted by atomic mass is 19.4. The van der Waals surface area contributed by atoms with Crippen LogP contribution in [0.15, 0.2) is 12.1 Å². The Labute approximate surface area is 123 Å². The fourth-order valence-corrected chi connectivity index (χ4v) is 1.70. The van der Waals surface area contributed by atoms with Gasteiger partial charge in [0.2, 0.25) is 5.88 Å². The number of nitrogens with zero attached hydrogens (tertiary/aromatic N) is 1. The summed E-state index contributed by atoms with van der Waals surface area (Å²) in [5.41, 5.74) is 1.61. The Morgan fingerprint density at radius 1 is 1.24 bits per heavy atom. The number of alkyl halides is 3. The maximum absolute atomic E-state index is 12.6. The van der Waals surface area contributed by atoms with Crippen molar-refractivity contribution in [2.75, 3.05) is 6.54 Å². The summed E-state index contributed by atoms with van der Waals surface area (Å²) >= 11 is 0. The number of nitrogens with one attached hydrogen (secondary N) is 1. The van der Waals surface area contributed by atoms with Crippen LogP contribution in [0.25, 0.3) is 0 Å². The van der Waals surface area contributed by atoms with Crippen molar-refractivity contribution in [3.8, 4) is 5.88 Å². The fraction of sp³-hybridized carbons (Fsp3) is 0.667. The van der Waals surface area contributed by atoms with Gasteiger partial charge in [-0.2, -0.15) is 13.2 Å². The first-order valence-corrected chi connectivity index (χ1v) is 7.19. The Bertz CT molecular complexity index is 447. The Hall–Kier alpha value is -1.30. The van der Waals surface area contributed by atoms with Crippen molar-refractivity contribution in [3.63, 3.8) is 0 Å². The van der Waals surface area contributed by atoms with Gasteiger partial charge < -0.3 is 10.1 Å². The molecular formula is C15H23F3N2O. The monoisotopic (exact) mass is 304 g/mol. The van der Waals surface area contributed by atoms with E-state index in [9.17, 15) is 13.2 Å². The molecule has 0 radical (unpaired) electrons. The summed E-state index contributed by atoms with van der Waals surface area (Å²) in [6.45, 7) is 8.38. The Morgan fingerprint density at radius 3 is 2.43 bits per heavy atom. The highest BCUT2D eigenvalue weighted by Crippen LogP contribution is 2.26. The molecule has 1 rings (SSSR count). The lowest BCUT2D eigenvalue weighted by Crippen LogP contribution is -2.31. The third-order valence-corrected chi connectivity index (χ3v) is 2.99. The molecule has 6 heteroatoms. The van der Waals surface area contributed by atoms with Crippen LogP contribution in [-0.4, -0.2) is 23.8 Å². The van der Waals surface area contributed by atoms with Crippen LogP contribution in [0.1, 0.15) is 51.3 Å². The number of halogens is 3. The standard InChI is InChI=1S/C15H23F3N2O/c1-5-6-19-9-12-7-13(10(2)3)20-14(8-12)21-11(4)15(16,17)18/h7-8,10-11,19H,5-6,9H2,1-4H3. The molecule has 1 unspecified atom stereocenters. The van der Waals surface area contributed by atoms with Gasteiger partial charge in [-0.15, -0.1) is 0 Å². The van der Waals surface area contributed by atoms with E-state index >= 15 is 0 Å². The molecule has 1 heterocycles. The minimum atomic E-state index is -4.39. The summed E-state index contributed by atoms with van der Waals surface area (Å²) in [7, 11) is 0. The zero-order chi connectivity index (χ0) is 16.0. The van der Waals surface area contributed by atoms with Crippen LogP contribution in [0.5, 0.6) is 5.88 Å². The molecule has 3 nitrogen and oxygen atoms in total. The summed E-state index contributed by atoms with van der Waals surface area (Å²) in [4.78, 5) is 4.16.